The van der Waals surface area contributed by atoms with Gasteiger partial charge in [-0.1, -0.05) is 19.1 Å². The monoisotopic (exact) mass is 278 g/mol. The van der Waals surface area contributed by atoms with Crippen molar-refractivity contribution in [3.8, 4) is 0 Å². The van der Waals surface area contributed by atoms with Crippen molar-refractivity contribution in [1.82, 2.24) is 20.3 Å². The van der Waals surface area contributed by atoms with Crippen molar-refractivity contribution >= 4 is 0 Å². The van der Waals surface area contributed by atoms with E-state index in [0.29, 0.717) is 12.1 Å². The molecule has 2 fully saturated rings. The van der Waals surface area contributed by atoms with E-state index in [2.05, 4.69) is 29.5 Å². The van der Waals surface area contributed by atoms with E-state index in [1.807, 2.05) is 13.2 Å². The van der Waals surface area contributed by atoms with Crippen LogP contribution in [-0.2, 0) is 18.2 Å². The topological polar surface area (TPSA) is 52.0 Å². The predicted octanol–water partition coefficient (Wildman–Crippen LogP) is 1.54. The van der Waals surface area contributed by atoms with E-state index < -0.39 is 0 Å². The van der Waals surface area contributed by atoms with E-state index in [1.54, 1.807) is 4.68 Å². The van der Waals surface area contributed by atoms with Crippen molar-refractivity contribution in [3.63, 3.8) is 0 Å². The summed E-state index contributed by atoms with van der Waals surface area (Å²) in [5, 5.41) is 12.0. The Hall–Kier alpha value is -0.940. The fourth-order valence-corrected chi connectivity index (χ4v) is 3.43. The summed E-state index contributed by atoms with van der Waals surface area (Å²) in [7, 11) is 1.93. The highest BCUT2D eigenvalue weighted by molar-refractivity contribution is 5.08. The fraction of sp³-hybridized carbons (Fsp3) is 0.867. The lowest BCUT2D eigenvalue weighted by molar-refractivity contribution is 0.0294. The lowest BCUT2D eigenvalue weighted by Crippen LogP contribution is -2.45. The molecule has 1 aliphatic heterocycles. The molecular formula is C15H26N4O. The highest BCUT2D eigenvalue weighted by atomic mass is 16.5. The van der Waals surface area contributed by atoms with Crippen molar-refractivity contribution in [2.45, 2.75) is 51.7 Å². The van der Waals surface area contributed by atoms with E-state index in [1.165, 1.54) is 12.8 Å². The summed E-state index contributed by atoms with van der Waals surface area (Å²) < 4.78 is 7.90. The number of nitrogens with zero attached hydrogens (tertiary/aromatic N) is 3. The van der Waals surface area contributed by atoms with Crippen molar-refractivity contribution in [3.05, 3.63) is 11.9 Å². The Kier molecular flexibility index (Phi) is 3.82. The van der Waals surface area contributed by atoms with Gasteiger partial charge in [-0.2, -0.15) is 0 Å². The first-order chi connectivity index (χ1) is 9.59. The van der Waals surface area contributed by atoms with Crippen LogP contribution in [0, 0.1) is 11.3 Å². The van der Waals surface area contributed by atoms with Gasteiger partial charge < -0.3 is 10.1 Å². The summed E-state index contributed by atoms with van der Waals surface area (Å²) in [6.07, 6.45) is 7.20. The summed E-state index contributed by atoms with van der Waals surface area (Å²) in [6.45, 7) is 6.32. The van der Waals surface area contributed by atoms with Crippen LogP contribution in [0.2, 0.25) is 0 Å². The molecule has 0 bridgehead atoms. The minimum Gasteiger partial charge on any atom is -0.377 e. The standard InChI is InChI=1S/C15H26N4O/c1-11(2)16-10-15(8-13-9-19(3)18-17-13)6-7-20-14(15)12-4-5-12/h9,11-12,14,16H,4-8,10H2,1-3H3. The fourth-order valence-electron chi connectivity index (χ4n) is 3.43. The van der Waals surface area contributed by atoms with Gasteiger partial charge in [-0.15, -0.1) is 5.10 Å². The van der Waals surface area contributed by atoms with Crippen LogP contribution < -0.4 is 5.32 Å². The highest BCUT2D eigenvalue weighted by Gasteiger charge is 2.51. The van der Waals surface area contributed by atoms with Gasteiger partial charge in [0.2, 0.25) is 0 Å². The van der Waals surface area contributed by atoms with Crippen LogP contribution in [0.1, 0.15) is 38.8 Å². The molecule has 0 amide bonds. The van der Waals surface area contributed by atoms with Crippen LogP contribution in [0.15, 0.2) is 6.20 Å². The quantitative estimate of drug-likeness (QED) is 0.857. The first kappa shape index (κ1) is 14.0. The summed E-state index contributed by atoms with van der Waals surface area (Å²) in [4.78, 5) is 0. The first-order valence-electron chi connectivity index (χ1n) is 7.79. The van der Waals surface area contributed by atoms with Crippen molar-refractivity contribution in [2.75, 3.05) is 13.2 Å². The smallest absolute Gasteiger partial charge is 0.0834 e. The van der Waals surface area contributed by atoms with Crippen LogP contribution >= 0.6 is 0 Å². The molecule has 2 unspecified atom stereocenters. The van der Waals surface area contributed by atoms with Crippen LogP contribution in [0.3, 0.4) is 0 Å². The molecule has 1 aliphatic carbocycles. The molecule has 1 aromatic rings. The van der Waals surface area contributed by atoms with Gasteiger partial charge in [-0.3, -0.25) is 4.68 Å². The Labute approximate surface area is 121 Å². The third-order valence-corrected chi connectivity index (χ3v) is 4.60. The van der Waals surface area contributed by atoms with Crippen LogP contribution in [-0.4, -0.2) is 40.3 Å². The van der Waals surface area contributed by atoms with E-state index in [-0.39, 0.29) is 5.41 Å². The lowest BCUT2D eigenvalue weighted by Gasteiger charge is -2.35. The molecule has 20 heavy (non-hydrogen) atoms. The number of aromatic nitrogens is 3. The summed E-state index contributed by atoms with van der Waals surface area (Å²) in [5.74, 6) is 0.767. The third kappa shape index (κ3) is 2.88. The number of ether oxygens (including phenoxy) is 1. The minimum absolute atomic E-state index is 0.196. The molecule has 1 saturated carbocycles. The Morgan fingerprint density at radius 3 is 2.90 bits per heavy atom. The van der Waals surface area contributed by atoms with Gasteiger partial charge in [0.1, 0.15) is 0 Å². The zero-order chi connectivity index (χ0) is 14.2. The number of hydrogen-bond acceptors (Lipinski definition) is 4. The molecule has 1 N–H and O–H groups in total. The Morgan fingerprint density at radius 2 is 2.30 bits per heavy atom. The lowest BCUT2D eigenvalue weighted by atomic mass is 9.75. The van der Waals surface area contributed by atoms with E-state index in [4.69, 9.17) is 4.74 Å². The first-order valence-corrected chi connectivity index (χ1v) is 7.79. The number of rotatable bonds is 6. The molecule has 112 valence electrons. The number of aryl methyl sites for hydroxylation is 1. The summed E-state index contributed by atoms with van der Waals surface area (Å²) in [5.41, 5.74) is 1.29. The maximum atomic E-state index is 6.11. The zero-order valence-electron chi connectivity index (χ0n) is 12.8. The molecular weight excluding hydrogens is 252 g/mol. The molecule has 0 radical (unpaired) electrons. The zero-order valence-corrected chi connectivity index (χ0v) is 12.8. The normalized spacial score (nSPS) is 30.3. The van der Waals surface area contributed by atoms with E-state index in [0.717, 1.165) is 37.6 Å². The largest absolute Gasteiger partial charge is 0.377 e. The van der Waals surface area contributed by atoms with Gasteiger partial charge in [0, 0.05) is 44.3 Å². The maximum absolute atomic E-state index is 6.11. The maximum Gasteiger partial charge on any atom is 0.0834 e. The molecule has 3 rings (SSSR count). The average molecular weight is 278 g/mol. The SMILES string of the molecule is CC(C)NCC1(Cc2cn(C)nn2)CCOC1C1CC1. The van der Waals surface area contributed by atoms with E-state index >= 15 is 0 Å². The Bertz CT molecular complexity index is 454. The van der Waals surface area contributed by atoms with E-state index in [9.17, 15) is 0 Å². The second kappa shape index (κ2) is 5.45. The Morgan fingerprint density at radius 1 is 1.50 bits per heavy atom. The average Bonchev–Trinajstić information content (AvgIpc) is 3.04. The minimum atomic E-state index is 0.196. The van der Waals surface area contributed by atoms with Gasteiger partial charge in [-0.25, -0.2) is 0 Å². The Balaban J connectivity index is 1.78. The number of nitrogens with one attached hydrogen (secondary N) is 1. The molecule has 2 heterocycles. The van der Waals surface area contributed by atoms with Gasteiger partial charge in [0.05, 0.1) is 11.8 Å². The van der Waals surface area contributed by atoms with Crippen molar-refractivity contribution in [2.24, 2.45) is 18.4 Å². The third-order valence-electron chi connectivity index (χ3n) is 4.60. The summed E-state index contributed by atoms with van der Waals surface area (Å²) in [6, 6.07) is 0.509. The molecule has 5 heteroatoms. The van der Waals surface area contributed by atoms with Gasteiger partial charge in [0.25, 0.3) is 0 Å². The van der Waals surface area contributed by atoms with Crippen molar-refractivity contribution < 1.29 is 4.74 Å². The van der Waals surface area contributed by atoms with Gasteiger partial charge in [0.15, 0.2) is 0 Å². The summed E-state index contributed by atoms with van der Waals surface area (Å²) >= 11 is 0. The molecule has 0 aromatic carbocycles. The molecule has 0 spiro atoms. The van der Waals surface area contributed by atoms with Crippen LogP contribution in [0.25, 0.3) is 0 Å². The van der Waals surface area contributed by atoms with Crippen LogP contribution in [0.4, 0.5) is 0 Å². The number of hydrogen-bond donors (Lipinski definition) is 1. The highest BCUT2D eigenvalue weighted by Crippen LogP contribution is 2.49. The predicted molar refractivity (Wildman–Crippen MR) is 77.4 cm³/mol. The molecule has 1 saturated heterocycles. The van der Waals surface area contributed by atoms with Crippen LogP contribution in [0.5, 0.6) is 0 Å². The second-order valence-electron chi connectivity index (χ2n) is 6.84. The second-order valence-corrected chi connectivity index (χ2v) is 6.84. The molecule has 2 atom stereocenters. The van der Waals surface area contributed by atoms with Gasteiger partial charge >= 0.3 is 0 Å². The molecule has 5 nitrogen and oxygen atoms in total. The molecule has 2 aliphatic rings. The van der Waals surface area contributed by atoms with Crippen molar-refractivity contribution in [1.29, 1.82) is 0 Å². The van der Waals surface area contributed by atoms with Gasteiger partial charge in [-0.05, 0) is 25.2 Å². The molecule has 1 aromatic heterocycles.